The molecule has 2 atom stereocenters. The molecule has 0 amide bonds. The summed E-state index contributed by atoms with van der Waals surface area (Å²) in [4.78, 5) is 4.70. The third-order valence-corrected chi connectivity index (χ3v) is 9.50. The van der Waals surface area contributed by atoms with E-state index in [1.54, 1.807) is 51.2 Å². The molecule has 202 valence electrons. The first kappa shape index (κ1) is 26.7. The van der Waals surface area contributed by atoms with Gasteiger partial charge in [0.05, 0.1) is 4.88 Å². The molecule has 0 radical (unpaired) electrons. The zero-order chi connectivity index (χ0) is 27.2. The van der Waals surface area contributed by atoms with Gasteiger partial charge in [0.2, 0.25) is 12.6 Å². The zero-order valence-electron chi connectivity index (χ0n) is 20.8. The van der Waals surface area contributed by atoms with Crippen LogP contribution in [0.15, 0.2) is 39.9 Å². The van der Waals surface area contributed by atoms with Gasteiger partial charge in [0.1, 0.15) is 20.9 Å². The van der Waals surface area contributed by atoms with Crippen LogP contribution in [0.3, 0.4) is 0 Å². The summed E-state index contributed by atoms with van der Waals surface area (Å²) in [6.07, 6.45) is -1.24. The molecule has 38 heavy (non-hydrogen) atoms. The number of rotatable bonds is 9. The number of fused-ring (bicyclic) bond motifs is 2. The van der Waals surface area contributed by atoms with Gasteiger partial charge in [-0.2, -0.15) is 4.31 Å². The lowest BCUT2D eigenvalue weighted by Crippen LogP contribution is -2.44. The van der Waals surface area contributed by atoms with Crippen molar-refractivity contribution in [1.82, 2.24) is 10.1 Å². The highest BCUT2D eigenvalue weighted by atomic mass is 35.5. The van der Waals surface area contributed by atoms with Gasteiger partial charge in [0.15, 0.2) is 17.3 Å². The van der Waals surface area contributed by atoms with Crippen molar-refractivity contribution in [2.45, 2.75) is 38.2 Å². The van der Waals surface area contributed by atoms with Gasteiger partial charge in [-0.1, -0.05) is 16.8 Å². The normalized spacial score (nSPS) is 14.7. The number of halogens is 1. The van der Waals surface area contributed by atoms with Crippen molar-refractivity contribution in [3.63, 3.8) is 0 Å². The molecule has 2 unspecified atom stereocenters. The van der Waals surface area contributed by atoms with E-state index in [2.05, 4.69) is 10.1 Å². The largest absolute Gasteiger partial charge is 0.454 e. The molecule has 4 heterocycles. The van der Waals surface area contributed by atoms with Gasteiger partial charge < -0.3 is 28.6 Å². The maximum atomic E-state index is 14.5. The molecule has 4 aromatic rings. The molecule has 0 fully saturated rings. The summed E-state index contributed by atoms with van der Waals surface area (Å²) in [6.45, 7) is 5.21. The van der Waals surface area contributed by atoms with Crippen molar-refractivity contribution in [3.8, 4) is 11.5 Å². The molecule has 0 spiro atoms. The Labute approximate surface area is 227 Å². The van der Waals surface area contributed by atoms with Gasteiger partial charge in [-0.05, 0) is 56.2 Å². The number of aliphatic hydroxyl groups is 1. The minimum absolute atomic E-state index is 0.0262. The highest BCUT2D eigenvalue weighted by molar-refractivity contribution is 7.93. The molecule has 0 saturated heterocycles. The minimum Gasteiger partial charge on any atom is -0.454 e. The summed E-state index contributed by atoms with van der Waals surface area (Å²) in [6, 6.07) is 6.61. The van der Waals surface area contributed by atoms with Gasteiger partial charge in [-0.15, -0.1) is 11.3 Å². The number of aryl methyl sites for hydroxylation is 2. The predicted molar refractivity (Wildman–Crippen MR) is 139 cm³/mol. The summed E-state index contributed by atoms with van der Waals surface area (Å²) in [5, 5.41) is 15.8. The summed E-state index contributed by atoms with van der Waals surface area (Å²) in [5.41, 5.74) is 1.14. The van der Waals surface area contributed by atoms with Crippen LogP contribution in [-0.2, 0) is 19.5 Å². The molecule has 0 aliphatic carbocycles. The lowest BCUT2D eigenvalue weighted by molar-refractivity contribution is -0.110. The van der Waals surface area contributed by atoms with E-state index >= 15 is 0 Å². The maximum absolute atomic E-state index is 14.5. The van der Waals surface area contributed by atoms with Crippen LogP contribution >= 0.6 is 22.9 Å². The standard InChI is InChI=1S/C24H24ClN3O8S2/c1-5-33-24(32-4)28(22-18(25)13(3)36-27-22)38(30,31)21-14-7-6-8-26-23(14)37-20(21)19(29)15-10-17-16(9-12(15)2)34-11-35-17/h6-10,19,24,29H,5,11H2,1-4H3. The van der Waals surface area contributed by atoms with Crippen molar-refractivity contribution in [1.29, 1.82) is 0 Å². The second-order valence-corrected chi connectivity index (χ2v) is 11.5. The number of pyridine rings is 1. The Hall–Kier alpha value is -2.94. The van der Waals surface area contributed by atoms with Crippen LogP contribution in [0.1, 0.15) is 34.8 Å². The first-order valence-corrected chi connectivity index (χ1v) is 14.1. The van der Waals surface area contributed by atoms with Crippen LogP contribution < -0.4 is 13.8 Å². The third kappa shape index (κ3) is 4.38. The van der Waals surface area contributed by atoms with Crippen molar-refractivity contribution >= 4 is 49.0 Å². The predicted octanol–water partition coefficient (Wildman–Crippen LogP) is 4.53. The molecule has 1 aliphatic heterocycles. The van der Waals surface area contributed by atoms with Crippen LogP contribution in [0.5, 0.6) is 11.5 Å². The number of hydrogen-bond acceptors (Lipinski definition) is 11. The molecule has 0 saturated carbocycles. The van der Waals surface area contributed by atoms with E-state index in [1.165, 1.54) is 7.11 Å². The first-order chi connectivity index (χ1) is 18.2. The Morgan fingerprint density at radius 3 is 2.66 bits per heavy atom. The van der Waals surface area contributed by atoms with E-state index in [0.29, 0.717) is 32.8 Å². The fourth-order valence-corrected chi connectivity index (χ4v) is 7.64. The molecular formula is C24H24ClN3O8S2. The van der Waals surface area contributed by atoms with Crippen LogP contribution in [-0.4, -0.2) is 50.6 Å². The lowest BCUT2D eigenvalue weighted by atomic mass is 10.0. The quantitative estimate of drug-likeness (QED) is 0.281. The molecular weight excluding hydrogens is 558 g/mol. The van der Waals surface area contributed by atoms with Crippen LogP contribution in [0.25, 0.3) is 10.2 Å². The molecule has 1 aliphatic rings. The van der Waals surface area contributed by atoms with Crippen LogP contribution in [0.4, 0.5) is 5.82 Å². The molecule has 5 rings (SSSR count). The maximum Gasteiger partial charge on any atom is 0.271 e. The van der Waals surface area contributed by atoms with Crippen molar-refractivity contribution in [2.75, 3.05) is 24.8 Å². The molecule has 1 N–H and O–H groups in total. The molecule has 0 bridgehead atoms. The summed E-state index contributed by atoms with van der Waals surface area (Å²) in [7, 11) is -3.26. The topological polar surface area (TPSA) is 133 Å². The number of ether oxygens (including phenoxy) is 4. The van der Waals surface area contributed by atoms with Gasteiger partial charge in [-0.25, -0.2) is 13.4 Å². The van der Waals surface area contributed by atoms with Gasteiger partial charge >= 0.3 is 0 Å². The number of benzene rings is 1. The molecule has 14 heteroatoms. The van der Waals surface area contributed by atoms with Gasteiger partial charge in [0, 0.05) is 25.3 Å². The van der Waals surface area contributed by atoms with Gasteiger partial charge in [-0.3, -0.25) is 0 Å². The lowest BCUT2D eigenvalue weighted by Gasteiger charge is -2.29. The SMILES string of the molecule is CCOC(OC)N(c1noc(C)c1Cl)S(=O)(=O)c1c(C(O)c2cc3c(cc2C)OCO3)sc2ncccc12. The number of hydrogen-bond donors (Lipinski definition) is 1. The van der Waals surface area contributed by atoms with Crippen molar-refractivity contribution < 1.29 is 37.0 Å². The number of anilines is 1. The Kier molecular flexibility index (Phi) is 7.24. The number of aliphatic hydroxyl groups excluding tert-OH is 1. The second-order valence-electron chi connectivity index (χ2n) is 8.29. The first-order valence-electron chi connectivity index (χ1n) is 11.4. The van der Waals surface area contributed by atoms with Crippen molar-refractivity contribution in [2.24, 2.45) is 0 Å². The number of methoxy groups -OCH3 is 1. The van der Waals surface area contributed by atoms with E-state index in [4.69, 9.17) is 35.1 Å². The average Bonchev–Trinajstić information content (AvgIpc) is 3.60. The Morgan fingerprint density at radius 2 is 2.00 bits per heavy atom. The minimum atomic E-state index is -4.56. The Morgan fingerprint density at radius 1 is 1.26 bits per heavy atom. The number of thiophene rings is 1. The number of nitrogens with zero attached hydrogens (tertiary/aromatic N) is 3. The van der Waals surface area contributed by atoms with E-state index < -0.39 is 22.5 Å². The molecule has 11 nitrogen and oxygen atoms in total. The molecule has 1 aromatic carbocycles. The fourth-order valence-electron chi connectivity index (χ4n) is 4.16. The van der Waals surface area contributed by atoms with E-state index in [1.807, 2.05) is 0 Å². The van der Waals surface area contributed by atoms with Crippen molar-refractivity contribution in [3.05, 3.63) is 57.2 Å². The van der Waals surface area contributed by atoms with E-state index in [-0.39, 0.29) is 39.8 Å². The molecule has 3 aromatic heterocycles. The second kappa shape index (κ2) is 10.3. The highest BCUT2D eigenvalue weighted by Gasteiger charge is 2.41. The third-order valence-electron chi connectivity index (χ3n) is 5.95. The van der Waals surface area contributed by atoms with Crippen LogP contribution in [0.2, 0.25) is 5.02 Å². The van der Waals surface area contributed by atoms with E-state index in [9.17, 15) is 13.5 Å². The fraction of sp³-hybridized carbons (Fsp3) is 0.333. The Bertz CT molecular complexity index is 1600. The number of sulfonamides is 1. The van der Waals surface area contributed by atoms with Crippen LogP contribution in [0, 0.1) is 13.8 Å². The summed E-state index contributed by atoms with van der Waals surface area (Å²) in [5.74, 6) is 0.996. The highest BCUT2D eigenvalue weighted by Crippen LogP contribution is 2.45. The monoisotopic (exact) mass is 581 g/mol. The Balaban J connectivity index is 1.74. The zero-order valence-corrected chi connectivity index (χ0v) is 23.2. The smallest absolute Gasteiger partial charge is 0.271 e. The summed E-state index contributed by atoms with van der Waals surface area (Å²) >= 11 is 7.46. The average molecular weight is 582 g/mol. The van der Waals surface area contributed by atoms with Gasteiger partial charge in [0.25, 0.3) is 16.4 Å². The van der Waals surface area contributed by atoms with E-state index in [0.717, 1.165) is 15.6 Å². The number of aromatic nitrogens is 2. The summed E-state index contributed by atoms with van der Waals surface area (Å²) < 4.78 is 56.9.